The average molecular weight is 600 g/mol. The number of nitrogens with zero attached hydrogens (tertiary/aromatic N) is 5. The normalized spacial score (nSPS) is 20.4. The van der Waals surface area contributed by atoms with E-state index in [-0.39, 0.29) is 29.1 Å². The van der Waals surface area contributed by atoms with Crippen LogP contribution >= 0.6 is 0 Å². The van der Waals surface area contributed by atoms with Crippen LogP contribution in [-0.2, 0) is 11.3 Å². The van der Waals surface area contributed by atoms with Gasteiger partial charge in [0.2, 0.25) is 5.95 Å². The Morgan fingerprint density at radius 3 is 2.41 bits per heavy atom. The van der Waals surface area contributed by atoms with E-state index in [4.69, 9.17) is 9.72 Å². The number of carbonyl (C=O) groups is 1. The summed E-state index contributed by atoms with van der Waals surface area (Å²) in [4.78, 5) is 26.9. The highest BCUT2D eigenvalue weighted by Gasteiger charge is 2.59. The highest BCUT2D eigenvalue weighted by molar-refractivity contribution is 5.97. The maximum atomic E-state index is 15.2. The molecule has 2 aromatic carbocycles. The number of aryl methyl sites for hydroxylation is 1. The monoisotopic (exact) mass is 599 g/mol. The molecule has 2 saturated carbocycles. The average Bonchev–Trinajstić information content (AvgIpc) is 3.91. The third kappa shape index (κ3) is 5.12. The first kappa shape index (κ1) is 27.6. The molecule has 8 rings (SSSR count). The van der Waals surface area contributed by atoms with Gasteiger partial charge in [0.1, 0.15) is 17.3 Å². The molecule has 2 aliphatic heterocycles. The Bertz CT molecular complexity index is 1730. The fourth-order valence-corrected chi connectivity index (χ4v) is 6.72. The Morgan fingerprint density at radius 2 is 1.73 bits per heavy atom. The number of carbonyl (C=O) groups excluding carboxylic acids is 1. The first-order chi connectivity index (χ1) is 21.3. The van der Waals surface area contributed by atoms with Gasteiger partial charge < -0.3 is 24.8 Å². The second kappa shape index (κ2) is 10.3. The zero-order chi connectivity index (χ0) is 30.1. The van der Waals surface area contributed by atoms with Gasteiger partial charge in [-0.05, 0) is 68.5 Å². The van der Waals surface area contributed by atoms with E-state index in [1.807, 2.05) is 41.0 Å². The SMILES string of the molecule is Cc1ccc(Nc2ncc3ccn(-c4cc(F)c(CN5CCOCC5)c(F)c4)c3n2)cc1C(=O)N1CC2(CC2)NC2(CC2)C1. The van der Waals surface area contributed by atoms with Crippen LogP contribution in [0.2, 0.25) is 0 Å². The van der Waals surface area contributed by atoms with E-state index >= 15 is 8.78 Å². The smallest absolute Gasteiger partial charge is 0.254 e. The summed E-state index contributed by atoms with van der Waals surface area (Å²) in [5.74, 6) is -0.818. The van der Waals surface area contributed by atoms with Crippen LogP contribution < -0.4 is 10.6 Å². The van der Waals surface area contributed by atoms with Gasteiger partial charge in [0.25, 0.3) is 5.91 Å². The van der Waals surface area contributed by atoms with Gasteiger partial charge in [0.15, 0.2) is 0 Å². The Balaban J connectivity index is 1.04. The van der Waals surface area contributed by atoms with Gasteiger partial charge in [0, 0.05) is 78.4 Å². The fourth-order valence-electron chi connectivity index (χ4n) is 6.72. The molecule has 9 nitrogen and oxygen atoms in total. The molecule has 0 bridgehead atoms. The molecule has 2 N–H and O–H groups in total. The Hall–Kier alpha value is -3.93. The zero-order valence-electron chi connectivity index (χ0n) is 24.7. The third-order valence-corrected chi connectivity index (χ3v) is 9.55. The van der Waals surface area contributed by atoms with Crippen LogP contribution in [0.25, 0.3) is 16.7 Å². The first-order valence-electron chi connectivity index (χ1n) is 15.4. The van der Waals surface area contributed by atoms with Crippen LogP contribution in [0.3, 0.4) is 0 Å². The number of hydrogen-bond donors (Lipinski definition) is 2. The maximum absolute atomic E-state index is 15.2. The number of hydrogen-bond acceptors (Lipinski definition) is 7. The molecule has 2 saturated heterocycles. The van der Waals surface area contributed by atoms with E-state index in [0.717, 1.165) is 49.7 Å². The number of amides is 1. The fraction of sp³-hybridized carbons (Fsp3) is 0.424. The van der Waals surface area contributed by atoms with Gasteiger partial charge in [-0.3, -0.25) is 9.69 Å². The molecule has 44 heavy (non-hydrogen) atoms. The number of ether oxygens (including phenoxy) is 1. The molecule has 228 valence electrons. The zero-order valence-corrected chi connectivity index (χ0v) is 24.7. The number of aromatic nitrogens is 3. The molecule has 4 fully saturated rings. The van der Waals surface area contributed by atoms with E-state index < -0.39 is 11.6 Å². The number of fused-ring (bicyclic) bond motifs is 1. The van der Waals surface area contributed by atoms with Gasteiger partial charge in [-0.2, -0.15) is 4.98 Å². The third-order valence-electron chi connectivity index (χ3n) is 9.55. The van der Waals surface area contributed by atoms with Gasteiger partial charge >= 0.3 is 0 Å². The molecule has 4 heterocycles. The van der Waals surface area contributed by atoms with Crippen molar-refractivity contribution in [2.45, 2.75) is 50.2 Å². The summed E-state index contributed by atoms with van der Waals surface area (Å²) < 4.78 is 37.4. The minimum absolute atomic E-state index is 0.0502. The molecule has 2 spiro atoms. The van der Waals surface area contributed by atoms with Gasteiger partial charge in [-0.25, -0.2) is 13.8 Å². The van der Waals surface area contributed by atoms with Crippen molar-refractivity contribution in [3.63, 3.8) is 0 Å². The lowest BCUT2D eigenvalue weighted by molar-refractivity contribution is 0.0332. The predicted molar refractivity (Wildman–Crippen MR) is 162 cm³/mol. The molecule has 4 aliphatic rings. The van der Waals surface area contributed by atoms with E-state index in [2.05, 4.69) is 15.6 Å². The van der Waals surface area contributed by atoms with Crippen LogP contribution in [0.1, 0.15) is 47.2 Å². The van der Waals surface area contributed by atoms with Crippen molar-refractivity contribution in [1.82, 2.24) is 29.7 Å². The number of piperazine rings is 1. The standard InChI is InChI=1S/C33H35F2N7O2/c1-21-2-3-23(14-25(21)30(43)41-19-32(5-6-32)39-33(20-41)7-8-33)37-31-36-17-22-4-9-42(29(22)38-31)24-15-27(34)26(28(35)16-24)18-40-10-12-44-13-11-40/h2-4,9,14-17,39H,5-8,10-13,18-20H2,1H3,(H,36,37,38). The number of halogens is 2. The first-order valence-corrected chi connectivity index (χ1v) is 15.4. The summed E-state index contributed by atoms with van der Waals surface area (Å²) in [7, 11) is 0. The largest absolute Gasteiger partial charge is 0.379 e. The minimum Gasteiger partial charge on any atom is -0.379 e. The minimum atomic E-state index is -0.595. The van der Waals surface area contributed by atoms with Crippen LogP contribution in [0, 0.1) is 18.6 Å². The Kier molecular flexibility index (Phi) is 6.48. The molecular weight excluding hydrogens is 564 g/mol. The molecule has 2 aromatic heterocycles. The van der Waals surface area contributed by atoms with Gasteiger partial charge in [-0.15, -0.1) is 0 Å². The number of morpholine rings is 1. The highest BCUT2D eigenvalue weighted by atomic mass is 19.1. The number of rotatable bonds is 6. The van der Waals surface area contributed by atoms with Crippen molar-refractivity contribution >= 4 is 28.6 Å². The van der Waals surface area contributed by atoms with Crippen molar-refractivity contribution in [3.8, 4) is 5.69 Å². The quantitative estimate of drug-likeness (QED) is 0.333. The van der Waals surface area contributed by atoms with E-state index in [1.54, 1.807) is 17.0 Å². The lowest BCUT2D eigenvalue weighted by atomic mass is 10.0. The Labute approximate surface area is 254 Å². The van der Waals surface area contributed by atoms with Gasteiger partial charge in [-0.1, -0.05) is 6.07 Å². The van der Waals surface area contributed by atoms with E-state index in [9.17, 15) is 4.79 Å². The van der Waals surface area contributed by atoms with Crippen LogP contribution in [0.15, 0.2) is 48.8 Å². The van der Waals surface area contributed by atoms with Crippen LogP contribution in [0.5, 0.6) is 0 Å². The van der Waals surface area contributed by atoms with Crippen LogP contribution in [0.4, 0.5) is 20.4 Å². The van der Waals surface area contributed by atoms with Crippen molar-refractivity contribution in [2.24, 2.45) is 0 Å². The van der Waals surface area contributed by atoms with Crippen molar-refractivity contribution in [1.29, 1.82) is 0 Å². The number of nitrogens with one attached hydrogen (secondary N) is 2. The second-order valence-corrected chi connectivity index (χ2v) is 12.9. The molecule has 11 heteroatoms. The molecule has 0 unspecified atom stereocenters. The highest BCUT2D eigenvalue weighted by Crippen LogP contribution is 2.49. The second-order valence-electron chi connectivity index (χ2n) is 12.9. The van der Waals surface area contributed by atoms with Crippen molar-refractivity contribution in [2.75, 3.05) is 44.7 Å². The molecular formula is C33H35F2N7O2. The lowest BCUT2D eigenvalue weighted by Crippen LogP contribution is -2.61. The van der Waals surface area contributed by atoms with Crippen molar-refractivity contribution in [3.05, 3.63) is 77.1 Å². The summed E-state index contributed by atoms with van der Waals surface area (Å²) in [6.07, 6.45) is 7.90. The predicted octanol–water partition coefficient (Wildman–Crippen LogP) is 4.69. The van der Waals surface area contributed by atoms with E-state index in [1.165, 1.54) is 12.1 Å². The van der Waals surface area contributed by atoms with E-state index in [0.29, 0.717) is 54.8 Å². The summed E-state index contributed by atoms with van der Waals surface area (Å²) in [5.41, 5.74) is 3.37. The molecule has 1 amide bonds. The summed E-state index contributed by atoms with van der Waals surface area (Å²) in [5, 5.41) is 7.80. The molecule has 2 aliphatic carbocycles. The number of benzene rings is 2. The molecule has 4 aromatic rings. The summed E-state index contributed by atoms with van der Waals surface area (Å²) in [6.45, 7) is 6.05. The van der Waals surface area contributed by atoms with Crippen molar-refractivity contribution < 1.29 is 18.3 Å². The summed E-state index contributed by atoms with van der Waals surface area (Å²) >= 11 is 0. The number of anilines is 2. The summed E-state index contributed by atoms with van der Waals surface area (Å²) in [6, 6.07) is 10.2. The Morgan fingerprint density at radius 1 is 1.02 bits per heavy atom. The topological polar surface area (TPSA) is 87.5 Å². The maximum Gasteiger partial charge on any atom is 0.254 e. The lowest BCUT2D eigenvalue weighted by Gasteiger charge is -2.40. The van der Waals surface area contributed by atoms with Gasteiger partial charge in [0.05, 0.1) is 18.9 Å². The molecule has 0 atom stereocenters. The van der Waals surface area contributed by atoms with Crippen LogP contribution in [-0.4, -0.2) is 80.7 Å². The molecule has 0 radical (unpaired) electrons.